The second kappa shape index (κ2) is 7.71. The molecule has 3 N–H and O–H groups in total. The number of rotatable bonds is 7. The Morgan fingerprint density at radius 2 is 2.16 bits per heavy atom. The van der Waals surface area contributed by atoms with Crippen LogP contribution in [-0.2, 0) is 13.0 Å². The van der Waals surface area contributed by atoms with Crippen LogP contribution < -0.4 is 26.4 Å². The van der Waals surface area contributed by atoms with Crippen molar-refractivity contribution < 1.29 is 4.74 Å². The van der Waals surface area contributed by atoms with Gasteiger partial charge in [-0.3, -0.25) is 9.78 Å². The smallest absolute Gasteiger partial charge is 0.322 e. The van der Waals surface area contributed by atoms with Crippen LogP contribution in [0, 0.1) is 0 Å². The number of imidazole rings is 1. The van der Waals surface area contributed by atoms with Crippen LogP contribution in [0.4, 0.5) is 5.95 Å². The number of pyridine rings is 1. The van der Waals surface area contributed by atoms with Crippen LogP contribution in [0.15, 0.2) is 29.3 Å². The monoisotopic (exact) mass is 418 g/mol. The molecular formula is C21H22N8O2. The first-order chi connectivity index (χ1) is 15.1. The molecule has 4 heterocycles. The third kappa shape index (κ3) is 4.04. The van der Waals surface area contributed by atoms with Gasteiger partial charge in [0, 0.05) is 17.8 Å². The summed E-state index contributed by atoms with van der Waals surface area (Å²) in [5, 5.41) is 8.13. The molecule has 0 spiro atoms. The Bertz CT molecular complexity index is 1400. The Hall–Kier alpha value is -3.95. The van der Waals surface area contributed by atoms with Crippen molar-refractivity contribution in [2.24, 2.45) is 0 Å². The van der Waals surface area contributed by atoms with Gasteiger partial charge in [0.1, 0.15) is 17.4 Å². The number of hydrogen-bond donors (Lipinski definition) is 3. The van der Waals surface area contributed by atoms with Crippen molar-refractivity contribution in [1.29, 1.82) is 0 Å². The molecule has 0 aromatic carbocycles. The highest BCUT2D eigenvalue weighted by atomic mass is 16.5. The average molecular weight is 418 g/mol. The van der Waals surface area contributed by atoms with Crippen molar-refractivity contribution in [2.45, 2.75) is 38.8 Å². The van der Waals surface area contributed by atoms with E-state index in [-0.39, 0.29) is 18.2 Å². The highest BCUT2D eigenvalue weighted by Gasteiger charge is 2.24. The van der Waals surface area contributed by atoms with Gasteiger partial charge in [0.05, 0.1) is 11.9 Å². The van der Waals surface area contributed by atoms with Gasteiger partial charge in [-0.15, -0.1) is 0 Å². The van der Waals surface area contributed by atoms with Crippen molar-refractivity contribution in [3.63, 3.8) is 0 Å². The lowest BCUT2D eigenvalue weighted by molar-refractivity contribution is 0.276. The lowest BCUT2D eigenvalue weighted by Gasteiger charge is -2.09. The first-order valence-corrected chi connectivity index (χ1v) is 10.2. The van der Waals surface area contributed by atoms with Crippen LogP contribution in [0.25, 0.3) is 18.3 Å². The molecule has 10 heteroatoms. The van der Waals surface area contributed by atoms with Gasteiger partial charge in [-0.2, -0.15) is 19.6 Å². The lowest BCUT2D eigenvalue weighted by atomic mass is 10.2. The topological polar surface area (TPSA) is 126 Å². The first kappa shape index (κ1) is 19.0. The number of ether oxygens (including phenoxy) is 1. The van der Waals surface area contributed by atoms with E-state index in [1.807, 2.05) is 18.3 Å². The van der Waals surface area contributed by atoms with Crippen LogP contribution in [0.3, 0.4) is 0 Å². The summed E-state index contributed by atoms with van der Waals surface area (Å²) in [5.74, 6) is 0.551. The van der Waals surface area contributed by atoms with Gasteiger partial charge in [0.15, 0.2) is 5.65 Å². The molecule has 4 aromatic heterocycles. The fourth-order valence-corrected chi connectivity index (χ4v) is 3.15. The van der Waals surface area contributed by atoms with E-state index >= 15 is 0 Å². The Morgan fingerprint density at radius 1 is 1.29 bits per heavy atom. The fourth-order valence-electron chi connectivity index (χ4n) is 3.15. The Balaban J connectivity index is 1.51. The number of H-pyrrole nitrogens is 2. The number of nitrogens with zero attached hydrogens (tertiary/aromatic N) is 5. The third-order valence-corrected chi connectivity index (χ3v) is 5.02. The molecule has 1 aliphatic carbocycles. The molecule has 0 bridgehead atoms. The zero-order chi connectivity index (χ0) is 21.4. The quantitative estimate of drug-likeness (QED) is 0.399. The number of aromatic nitrogens is 7. The molecule has 158 valence electrons. The summed E-state index contributed by atoms with van der Waals surface area (Å²) in [6.07, 6.45) is 8.26. The van der Waals surface area contributed by atoms with Crippen LogP contribution in [0.5, 0.6) is 6.01 Å². The molecule has 0 atom stereocenters. The van der Waals surface area contributed by atoms with E-state index in [0.717, 1.165) is 25.0 Å². The number of nitrogens with one attached hydrogen (secondary N) is 3. The van der Waals surface area contributed by atoms with Crippen molar-refractivity contribution in [3.8, 4) is 6.01 Å². The van der Waals surface area contributed by atoms with Gasteiger partial charge in [-0.25, -0.2) is 0 Å². The highest BCUT2D eigenvalue weighted by molar-refractivity contribution is 5.66. The van der Waals surface area contributed by atoms with Crippen LogP contribution in [0.1, 0.15) is 36.6 Å². The molecule has 0 amide bonds. The van der Waals surface area contributed by atoms with Crippen LogP contribution in [-0.4, -0.2) is 40.6 Å². The summed E-state index contributed by atoms with van der Waals surface area (Å²) in [6.45, 7) is 6.05. The van der Waals surface area contributed by atoms with Gasteiger partial charge in [-0.05, 0) is 37.0 Å². The SMILES string of the molecule is C=c1[nH]c(=O)/c(=C/c2cnn3c(NC4CC4)nc(OCc4ccc(CC)cn4)nc23)[nH]1. The van der Waals surface area contributed by atoms with Crippen molar-refractivity contribution in [1.82, 2.24) is 34.5 Å². The molecule has 0 unspecified atom stereocenters. The van der Waals surface area contributed by atoms with E-state index in [0.29, 0.717) is 34.0 Å². The van der Waals surface area contributed by atoms with E-state index in [9.17, 15) is 4.79 Å². The maximum absolute atomic E-state index is 12.0. The second-order valence-electron chi connectivity index (χ2n) is 7.50. The summed E-state index contributed by atoms with van der Waals surface area (Å²) in [4.78, 5) is 31.0. The third-order valence-electron chi connectivity index (χ3n) is 5.02. The van der Waals surface area contributed by atoms with Gasteiger partial charge < -0.3 is 20.0 Å². The molecule has 0 radical (unpaired) electrons. The molecular weight excluding hydrogens is 396 g/mol. The number of aryl methyl sites for hydroxylation is 1. The summed E-state index contributed by atoms with van der Waals surface area (Å²) in [6, 6.07) is 4.55. The highest BCUT2D eigenvalue weighted by Crippen LogP contribution is 2.25. The van der Waals surface area contributed by atoms with E-state index < -0.39 is 0 Å². The van der Waals surface area contributed by atoms with E-state index in [2.05, 4.69) is 48.8 Å². The van der Waals surface area contributed by atoms with Crippen LogP contribution >= 0.6 is 0 Å². The van der Waals surface area contributed by atoms with Crippen molar-refractivity contribution >= 4 is 24.3 Å². The summed E-state index contributed by atoms with van der Waals surface area (Å²) < 4.78 is 7.47. The number of anilines is 1. The lowest BCUT2D eigenvalue weighted by Crippen LogP contribution is -2.22. The van der Waals surface area contributed by atoms with Crippen molar-refractivity contribution in [2.75, 3.05) is 5.32 Å². The van der Waals surface area contributed by atoms with E-state index in [1.165, 1.54) is 5.56 Å². The standard InChI is InChI=1S/C21H22N8O2/c1-3-13-4-5-16(22-9-13)11-31-21-27-18-14(8-17-19(30)25-12(2)24-17)10-23-29(18)20(28-21)26-15-6-7-15/h4-5,8-10,15,24H,2-3,6-7,11H2,1H3,(H,25,30)(H,26,27,28)/b17-8-. The van der Waals surface area contributed by atoms with Crippen LogP contribution in [0.2, 0.25) is 0 Å². The number of fused-ring (bicyclic) bond motifs is 1. The molecule has 5 rings (SSSR count). The van der Waals surface area contributed by atoms with Gasteiger partial charge in [0.25, 0.3) is 5.56 Å². The molecule has 31 heavy (non-hydrogen) atoms. The predicted octanol–water partition coefficient (Wildman–Crippen LogP) is 0.490. The Kier molecular flexibility index (Phi) is 4.73. The first-order valence-electron chi connectivity index (χ1n) is 10.2. The summed E-state index contributed by atoms with van der Waals surface area (Å²) in [7, 11) is 0. The van der Waals surface area contributed by atoms with E-state index in [4.69, 9.17) is 4.74 Å². The maximum atomic E-state index is 12.0. The normalized spacial score (nSPS) is 14.3. The molecule has 1 fully saturated rings. The minimum atomic E-state index is -0.257. The molecule has 1 saturated carbocycles. The number of aromatic amines is 2. The van der Waals surface area contributed by atoms with Gasteiger partial charge in [0.2, 0.25) is 5.95 Å². The zero-order valence-electron chi connectivity index (χ0n) is 17.1. The predicted molar refractivity (Wildman–Crippen MR) is 115 cm³/mol. The Labute approximate surface area is 176 Å². The van der Waals surface area contributed by atoms with Crippen molar-refractivity contribution in [3.05, 3.63) is 62.5 Å². The summed E-state index contributed by atoms with van der Waals surface area (Å²) in [5.41, 5.74) is 3.32. The maximum Gasteiger partial charge on any atom is 0.322 e. The molecule has 0 saturated heterocycles. The minimum absolute atomic E-state index is 0.213. The van der Waals surface area contributed by atoms with Gasteiger partial charge in [-0.1, -0.05) is 19.6 Å². The second-order valence-corrected chi connectivity index (χ2v) is 7.50. The largest absolute Gasteiger partial charge is 0.457 e. The molecule has 1 aliphatic rings. The van der Waals surface area contributed by atoms with Gasteiger partial charge >= 0.3 is 6.01 Å². The Morgan fingerprint density at radius 3 is 2.84 bits per heavy atom. The van der Waals surface area contributed by atoms with E-state index in [1.54, 1.807) is 16.8 Å². The number of hydrogen-bond acceptors (Lipinski definition) is 7. The molecule has 4 aromatic rings. The average Bonchev–Trinajstić information content (AvgIpc) is 3.41. The molecule has 0 aliphatic heterocycles. The summed E-state index contributed by atoms with van der Waals surface area (Å²) >= 11 is 0. The molecule has 10 nitrogen and oxygen atoms in total. The minimum Gasteiger partial charge on any atom is -0.457 e. The zero-order valence-corrected chi connectivity index (χ0v) is 17.1. The fraction of sp³-hybridized carbons (Fsp3) is 0.286.